The Morgan fingerprint density at radius 3 is 2.83 bits per heavy atom. The van der Waals surface area contributed by atoms with E-state index in [2.05, 4.69) is 10.3 Å². The zero-order chi connectivity index (χ0) is 13.0. The second kappa shape index (κ2) is 5.64. The van der Waals surface area contributed by atoms with Gasteiger partial charge in [0, 0.05) is 26.8 Å². The van der Waals surface area contributed by atoms with E-state index in [1.165, 1.54) is 0 Å². The van der Waals surface area contributed by atoms with Crippen LogP contribution in [0.1, 0.15) is 15.9 Å². The van der Waals surface area contributed by atoms with Crippen molar-refractivity contribution in [1.29, 1.82) is 0 Å². The number of hydrogen-bond acceptors (Lipinski definition) is 4. The number of nitrogens with one attached hydrogen (secondary N) is 1. The molecule has 4 nitrogen and oxygen atoms in total. The largest absolute Gasteiger partial charge is 0.373 e. The van der Waals surface area contributed by atoms with Crippen LogP contribution in [-0.4, -0.2) is 29.9 Å². The summed E-state index contributed by atoms with van der Waals surface area (Å²) in [5.41, 5.74) is 1.75. The van der Waals surface area contributed by atoms with Gasteiger partial charge in [-0.15, -0.1) is 0 Å². The third-order valence-corrected chi connectivity index (χ3v) is 3.35. The minimum Gasteiger partial charge on any atom is -0.373 e. The average molecular weight is 261 g/mol. The Morgan fingerprint density at radius 1 is 1.44 bits per heavy atom. The number of pyridine rings is 1. The van der Waals surface area contributed by atoms with E-state index in [9.17, 15) is 4.79 Å². The Morgan fingerprint density at radius 2 is 2.28 bits per heavy atom. The summed E-state index contributed by atoms with van der Waals surface area (Å²) in [6, 6.07) is 5.60. The standard InChI is InChI=1S/C13H15N3OS/c1-14-12-4-3-11(7-15-12)13(17)16(2)8-10-5-6-18-9-10/h3-7,9H,8H2,1-2H3,(H,14,15). The quantitative estimate of drug-likeness (QED) is 0.919. The van der Waals surface area contributed by atoms with Crippen molar-refractivity contribution in [2.75, 3.05) is 19.4 Å². The maximum atomic E-state index is 12.1. The molecule has 0 unspecified atom stereocenters. The Balaban J connectivity index is 2.05. The number of hydrogen-bond donors (Lipinski definition) is 1. The highest BCUT2D eigenvalue weighted by molar-refractivity contribution is 7.07. The van der Waals surface area contributed by atoms with E-state index in [1.54, 1.807) is 48.7 Å². The highest BCUT2D eigenvalue weighted by Gasteiger charge is 2.12. The van der Waals surface area contributed by atoms with Crippen molar-refractivity contribution in [3.8, 4) is 0 Å². The molecule has 1 N–H and O–H groups in total. The molecule has 0 saturated heterocycles. The molecule has 0 aliphatic rings. The van der Waals surface area contributed by atoms with Gasteiger partial charge in [-0.2, -0.15) is 11.3 Å². The molecule has 0 radical (unpaired) electrons. The van der Waals surface area contributed by atoms with Crippen LogP contribution in [0.3, 0.4) is 0 Å². The number of amides is 1. The molecule has 2 heterocycles. The zero-order valence-corrected chi connectivity index (χ0v) is 11.2. The zero-order valence-electron chi connectivity index (χ0n) is 10.4. The van der Waals surface area contributed by atoms with Crippen LogP contribution >= 0.6 is 11.3 Å². The number of anilines is 1. The third kappa shape index (κ3) is 2.87. The lowest BCUT2D eigenvalue weighted by molar-refractivity contribution is 0.0785. The van der Waals surface area contributed by atoms with Gasteiger partial charge in [0.05, 0.1) is 5.56 Å². The van der Waals surface area contributed by atoms with Crippen molar-refractivity contribution >= 4 is 23.1 Å². The summed E-state index contributed by atoms with van der Waals surface area (Å²) in [4.78, 5) is 18.0. The Kier molecular flexibility index (Phi) is 3.94. The van der Waals surface area contributed by atoms with E-state index in [0.29, 0.717) is 12.1 Å². The number of thiophene rings is 1. The van der Waals surface area contributed by atoms with Gasteiger partial charge >= 0.3 is 0 Å². The first kappa shape index (κ1) is 12.6. The molecule has 0 fully saturated rings. The molecule has 0 saturated carbocycles. The number of nitrogens with zero attached hydrogens (tertiary/aromatic N) is 2. The predicted molar refractivity (Wildman–Crippen MR) is 73.9 cm³/mol. The Labute approximate surface area is 110 Å². The normalized spacial score (nSPS) is 10.1. The first-order chi connectivity index (χ1) is 8.70. The van der Waals surface area contributed by atoms with Gasteiger partial charge in [-0.25, -0.2) is 4.98 Å². The molecule has 2 aromatic heterocycles. The van der Waals surface area contributed by atoms with Crippen molar-refractivity contribution in [2.24, 2.45) is 0 Å². The van der Waals surface area contributed by atoms with Crippen LogP contribution in [0.15, 0.2) is 35.2 Å². The van der Waals surface area contributed by atoms with Crippen LogP contribution < -0.4 is 5.32 Å². The number of carbonyl (C=O) groups excluding carboxylic acids is 1. The predicted octanol–water partition coefficient (Wildman–Crippen LogP) is 2.46. The first-order valence-electron chi connectivity index (χ1n) is 5.61. The second-order valence-corrected chi connectivity index (χ2v) is 4.75. The molecule has 1 amide bonds. The minimum absolute atomic E-state index is 0.0173. The van der Waals surface area contributed by atoms with Gasteiger partial charge < -0.3 is 10.2 Å². The molecule has 0 bridgehead atoms. The maximum Gasteiger partial charge on any atom is 0.255 e. The summed E-state index contributed by atoms with van der Waals surface area (Å²) in [5.74, 6) is 0.739. The number of aromatic nitrogens is 1. The lowest BCUT2D eigenvalue weighted by atomic mass is 10.2. The molecular weight excluding hydrogens is 246 g/mol. The molecule has 0 aromatic carbocycles. The van der Waals surface area contributed by atoms with Gasteiger partial charge in [0.15, 0.2) is 0 Å². The van der Waals surface area contributed by atoms with Crippen molar-refractivity contribution in [2.45, 2.75) is 6.54 Å². The summed E-state index contributed by atoms with van der Waals surface area (Å²) in [6.45, 7) is 0.621. The lowest BCUT2D eigenvalue weighted by Gasteiger charge is -2.16. The smallest absolute Gasteiger partial charge is 0.255 e. The van der Waals surface area contributed by atoms with Gasteiger partial charge in [0.25, 0.3) is 5.91 Å². The van der Waals surface area contributed by atoms with Crippen LogP contribution in [0.2, 0.25) is 0 Å². The molecule has 18 heavy (non-hydrogen) atoms. The first-order valence-corrected chi connectivity index (χ1v) is 6.55. The molecule has 2 rings (SSSR count). The van der Waals surface area contributed by atoms with Crippen molar-refractivity contribution in [3.63, 3.8) is 0 Å². The second-order valence-electron chi connectivity index (χ2n) is 3.97. The maximum absolute atomic E-state index is 12.1. The van der Waals surface area contributed by atoms with Crippen molar-refractivity contribution in [3.05, 3.63) is 46.3 Å². The van der Waals surface area contributed by atoms with E-state index >= 15 is 0 Å². The van der Waals surface area contributed by atoms with Crippen molar-refractivity contribution in [1.82, 2.24) is 9.88 Å². The van der Waals surface area contributed by atoms with Crippen LogP contribution in [0, 0.1) is 0 Å². The topological polar surface area (TPSA) is 45.2 Å². The summed E-state index contributed by atoms with van der Waals surface area (Å²) in [6.07, 6.45) is 1.60. The van der Waals surface area contributed by atoms with Gasteiger partial charge in [-0.1, -0.05) is 0 Å². The van der Waals surface area contributed by atoms with Crippen LogP contribution in [0.25, 0.3) is 0 Å². The van der Waals surface area contributed by atoms with E-state index in [0.717, 1.165) is 11.4 Å². The molecule has 0 aliphatic heterocycles. The SMILES string of the molecule is CNc1ccc(C(=O)N(C)Cc2ccsc2)cn1. The molecule has 5 heteroatoms. The van der Waals surface area contributed by atoms with Gasteiger partial charge in [-0.05, 0) is 34.5 Å². The molecule has 2 aromatic rings. The fourth-order valence-corrected chi connectivity index (χ4v) is 2.28. The number of rotatable bonds is 4. The fraction of sp³-hybridized carbons (Fsp3) is 0.231. The van der Waals surface area contributed by atoms with Gasteiger partial charge in [-0.3, -0.25) is 4.79 Å². The van der Waals surface area contributed by atoms with Crippen molar-refractivity contribution < 1.29 is 4.79 Å². The van der Waals surface area contributed by atoms with E-state index < -0.39 is 0 Å². The van der Waals surface area contributed by atoms with Gasteiger partial charge in [0.1, 0.15) is 5.82 Å². The van der Waals surface area contributed by atoms with E-state index in [-0.39, 0.29) is 5.91 Å². The third-order valence-electron chi connectivity index (χ3n) is 2.61. The molecule has 0 spiro atoms. The molecule has 0 aliphatic carbocycles. The fourth-order valence-electron chi connectivity index (χ4n) is 1.62. The highest BCUT2D eigenvalue weighted by atomic mass is 32.1. The minimum atomic E-state index is -0.0173. The molecule has 94 valence electrons. The summed E-state index contributed by atoms with van der Waals surface area (Å²) < 4.78 is 0. The highest BCUT2D eigenvalue weighted by Crippen LogP contribution is 2.11. The Hall–Kier alpha value is -1.88. The van der Waals surface area contributed by atoms with Crippen LogP contribution in [0.4, 0.5) is 5.82 Å². The van der Waals surface area contributed by atoms with E-state index in [4.69, 9.17) is 0 Å². The summed E-state index contributed by atoms with van der Waals surface area (Å²) in [5, 5.41) is 6.98. The van der Waals surface area contributed by atoms with Gasteiger partial charge in [0.2, 0.25) is 0 Å². The Bertz CT molecular complexity index is 508. The molecular formula is C13H15N3OS. The van der Waals surface area contributed by atoms with Crippen LogP contribution in [-0.2, 0) is 6.54 Å². The summed E-state index contributed by atoms with van der Waals surface area (Å²) >= 11 is 1.64. The van der Waals surface area contributed by atoms with E-state index in [1.807, 2.05) is 16.8 Å². The van der Waals surface area contributed by atoms with Crippen LogP contribution in [0.5, 0.6) is 0 Å². The average Bonchev–Trinajstić information content (AvgIpc) is 2.91. The molecule has 0 atom stereocenters. The number of carbonyl (C=O) groups is 1. The monoisotopic (exact) mass is 261 g/mol. The lowest BCUT2D eigenvalue weighted by Crippen LogP contribution is -2.26. The summed E-state index contributed by atoms with van der Waals surface area (Å²) in [7, 11) is 3.60.